The van der Waals surface area contributed by atoms with E-state index in [9.17, 15) is 9.18 Å². The third-order valence-corrected chi connectivity index (χ3v) is 2.90. The lowest BCUT2D eigenvalue weighted by Crippen LogP contribution is -2.23. The highest BCUT2D eigenvalue weighted by Gasteiger charge is 2.11. The van der Waals surface area contributed by atoms with Crippen molar-refractivity contribution in [3.05, 3.63) is 65.0 Å². The van der Waals surface area contributed by atoms with Crippen molar-refractivity contribution in [1.82, 2.24) is 5.32 Å². The van der Waals surface area contributed by atoms with Crippen molar-refractivity contribution in [2.75, 3.05) is 5.73 Å². The van der Waals surface area contributed by atoms with E-state index < -0.39 is 11.7 Å². The molecule has 0 aliphatic heterocycles. The second-order valence-corrected chi connectivity index (χ2v) is 4.40. The van der Waals surface area contributed by atoms with Crippen LogP contribution in [-0.4, -0.2) is 11.0 Å². The summed E-state index contributed by atoms with van der Waals surface area (Å²) in [5, 5.41) is 11.6. The second-order valence-electron chi connectivity index (χ2n) is 4.40. The summed E-state index contributed by atoms with van der Waals surface area (Å²) in [7, 11) is 0. The van der Waals surface area contributed by atoms with Crippen LogP contribution in [0.2, 0.25) is 0 Å². The summed E-state index contributed by atoms with van der Waals surface area (Å²) in [5.74, 6) is -1.13. The molecular formula is C15H15FN2O2. The molecule has 0 bridgehead atoms. The van der Waals surface area contributed by atoms with Crippen molar-refractivity contribution in [2.24, 2.45) is 0 Å². The summed E-state index contributed by atoms with van der Waals surface area (Å²) < 4.78 is 13.6. The highest BCUT2D eigenvalue weighted by Crippen LogP contribution is 2.12. The zero-order valence-corrected chi connectivity index (χ0v) is 10.8. The summed E-state index contributed by atoms with van der Waals surface area (Å²) in [6.45, 7) is 0.262. The van der Waals surface area contributed by atoms with Crippen LogP contribution < -0.4 is 11.1 Å². The molecule has 0 heterocycles. The first-order valence-corrected chi connectivity index (χ1v) is 6.12. The molecule has 104 valence electrons. The van der Waals surface area contributed by atoms with Crippen LogP contribution in [0.15, 0.2) is 42.5 Å². The summed E-state index contributed by atoms with van der Waals surface area (Å²) in [5.41, 5.74) is 7.33. The van der Waals surface area contributed by atoms with Gasteiger partial charge in [-0.3, -0.25) is 4.79 Å². The van der Waals surface area contributed by atoms with Gasteiger partial charge in [-0.05, 0) is 29.3 Å². The molecule has 0 aromatic heterocycles. The number of carbonyl (C=O) groups excluding carboxylic acids is 1. The van der Waals surface area contributed by atoms with E-state index in [0.717, 1.165) is 17.2 Å². The number of nitrogen functional groups attached to an aromatic ring is 1. The molecule has 4 nitrogen and oxygen atoms in total. The van der Waals surface area contributed by atoms with Gasteiger partial charge in [-0.25, -0.2) is 4.39 Å². The molecule has 0 unspecified atom stereocenters. The Morgan fingerprint density at radius 3 is 2.40 bits per heavy atom. The minimum atomic E-state index is -0.641. The van der Waals surface area contributed by atoms with Gasteiger partial charge in [0.2, 0.25) is 0 Å². The fourth-order valence-electron chi connectivity index (χ4n) is 1.76. The Labute approximate surface area is 116 Å². The zero-order chi connectivity index (χ0) is 14.5. The maximum atomic E-state index is 13.6. The molecule has 0 aliphatic carbocycles. The Morgan fingerprint density at radius 1 is 1.15 bits per heavy atom. The quantitative estimate of drug-likeness (QED) is 0.744. The molecule has 5 heteroatoms. The van der Waals surface area contributed by atoms with Crippen LogP contribution in [0, 0.1) is 5.82 Å². The first-order chi connectivity index (χ1) is 9.60. The summed E-state index contributed by atoms with van der Waals surface area (Å²) in [4.78, 5) is 11.8. The minimum absolute atomic E-state index is 0.0245. The maximum absolute atomic E-state index is 13.6. The Kier molecular flexibility index (Phi) is 4.32. The van der Waals surface area contributed by atoms with E-state index in [1.165, 1.54) is 12.1 Å². The molecule has 0 saturated carbocycles. The molecule has 20 heavy (non-hydrogen) atoms. The van der Waals surface area contributed by atoms with E-state index >= 15 is 0 Å². The van der Waals surface area contributed by atoms with Gasteiger partial charge in [0.1, 0.15) is 5.82 Å². The number of nitrogens with two attached hydrogens (primary N) is 1. The van der Waals surface area contributed by atoms with Crippen LogP contribution in [-0.2, 0) is 13.2 Å². The van der Waals surface area contributed by atoms with E-state index in [1.807, 2.05) is 0 Å². The van der Waals surface area contributed by atoms with Crippen molar-refractivity contribution in [1.29, 1.82) is 0 Å². The number of halogens is 1. The van der Waals surface area contributed by atoms with Crippen LogP contribution in [0.25, 0.3) is 0 Å². The normalized spacial score (nSPS) is 10.3. The predicted octanol–water partition coefficient (Wildman–Crippen LogP) is 1.83. The third kappa shape index (κ3) is 3.33. The standard InChI is InChI=1S/C15H15FN2O2/c16-14-7-12(17)5-6-13(14)15(20)18-8-10-1-3-11(9-19)4-2-10/h1-7,19H,8-9,17H2,(H,18,20). The molecule has 0 saturated heterocycles. The van der Waals surface area contributed by atoms with Crippen LogP contribution in [0.5, 0.6) is 0 Å². The van der Waals surface area contributed by atoms with Gasteiger partial charge < -0.3 is 16.2 Å². The first kappa shape index (κ1) is 14.0. The Hall–Kier alpha value is -2.40. The van der Waals surface area contributed by atoms with Crippen molar-refractivity contribution in [3.8, 4) is 0 Å². The first-order valence-electron chi connectivity index (χ1n) is 6.12. The fourth-order valence-corrected chi connectivity index (χ4v) is 1.76. The number of amides is 1. The number of hydrogen-bond donors (Lipinski definition) is 3. The lowest BCUT2D eigenvalue weighted by Gasteiger charge is -2.07. The molecule has 0 fully saturated rings. The van der Waals surface area contributed by atoms with Crippen LogP contribution in [0.3, 0.4) is 0 Å². The van der Waals surface area contributed by atoms with Gasteiger partial charge in [0, 0.05) is 12.2 Å². The number of hydrogen-bond acceptors (Lipinski definition) is 3. The minimum Gasteiger partial charge on any atom is -0.399 e. The molecule has 0 radical (unpaired) electrons. The highest BCUT2D eigenvalue weighted by molar-refractivity contribution is 5.94. The van der Waals surface area contributed by atoms with Crippen molar-refractivity contribution in [2.45, 2.75) is 13.2 Å². The number of aliphatic hydroxyl groups is 1. The molecule has 2 aromatic rings. The van der Waals surface area contributed by atoms with Gasteiger partial charge in [0.05, 0.1) is 12.2 Å². The van der Waals surface area contributed by atoms with Crippen LogP contribution in [0.1, 0.15) is 21.5 Å². The van der Waals surface area contributed by atoms with E-state index in [0.29, 0.717) is 0 Å². The van der Waals surface area contributed by atoms with Gasteiger partial charge in [0.25, 0.3) is 5.91 Å². The predicted molar refractivity (Wildman–Crippen MR) is 74.3 cm³/mol. The van der Waals surface area contributed by atoms with E-state index in [1.54, 1.807) is 24.3 Å². The second kappa shape index (κ2) is 6.16. The van der Waals surface area contributed by atoms with E-state index in [2.05, 4.69) is 5.32 Å². The average molecular weight is 274 g/mol. The average Bonchev–Trinajstić information content (AvgIpc) is 2.45. The summed E-state index contributed by atoms with van der Waals surface area (Å²) in [6.07, 6.45) is 0. The molecule has 0 atom stereocenters. The van der Waals surface area contributed by atoms with Crippen molar-refractivity contribution < 1.29 is 14.3 Å². The number of anilines is 1. The molecule has 1 amide bonds. The fraction of sp³-hybridized carbons (Fsp3) is 0.133. The summed E-state index contributed by atoms with van der Waals surface area (Å²) in [6, 6.07) is 11.1. The van der Waals surface area contributed by atoms with E-state index in [4.69, 9.17) is 10.8 Å². The summed E-state index contributed by atoms with van der Waals surface area (Å²) >= 11 is 0. The van der Waals surface area contributed by atoms with Crippen LogP contribution in [0.4, 0.5) is 10.1 Å². The molecule has 4 N–H and O–H groups in total. The Balaban J connectivity index is 2.00. The number of carbonyl (C=O) groups is 1. The maximum Gasteiger partial charge on any atom is 0.254 e. The van der Waals surface area contributed by atoms with Gasteiger partial charge in [-0.2, -0.15) is 0 Å². The van der Waals surface area contributed by atoms with Crippen LogP contribution >= 0.6 is 0 Å². The smallest absolute Gasteiger partial charge is 0.254 e. The largest absolute Gasteiger partial charge is 0.399 e. The molecule has 2 rings (SSSR count). The molecular weight excluding hydrogens is 259 g/mol. The lowest BCUT2D eigenvalue weighted by atomic mass is 10.1. The van der Waals surface area contributed by atoms with Crippen molar-refractivity contribution >= 4 is 11.6 Å². The Morgan fingerprint density at radius 2 is 1.80 bits per heavy atom. The van der Waals surface area contributed by atoms with Gasteiger partial charge in [0.15, 0.2) is 0 Å². The van der Waals surface area contributed by atoms with E-state index in [-0.39, 0.29) is 24.4 Å². The third-order valence-electron chi connectivity index (χ3n) is 2.90. The number of nitrogens with one attached hydrogen (secondary N) is 1. The lowest BCUT2D eigenvalue weighted by molar-refractivity contribution is 0.0947. The van der Waals surface area contributed by atoms with Gasteiger partial charge >= 0.3 is 0 Å². The topological polar surface area (TPSA) is 75.4 Å². The molecule has 0 spiro atoms. The number of benzene rings is 2. The molecule has 2 aromatic carbocycles. The zero-order valence-electron chi connectivity index (χ0n) is 10.8. The SMILES string of the molecule is Nc1ccc(C(=O)NCc2ccc(CO)cc2)c(F)c1. The molecule has 0 aliphatic rings. The highest BCUT2D eigenvalue weighted by atomic mass is 19.1. The number of aliphatic hydroxyl groups excluding tert-OH is 1. The Bertz CT molecular complexity index is 612. The monoisotopic (exact) mass is 274 g/mol. The van der Waals surface area contributed by atoms with Gasteiger partial charge in [-0.1, -0.05) is 24.3 Å². The van der Waals surface area contributed by atoms with Gasteiger partial charge in [-0.15, -0.1) is 0 Å². The van der Waals surface area contributed by atoms with Crippen molar-refractivity contribution in [3.63, 3.8) is 0 Å². The number of rotatable bonds is 4.